The van der Waals surface area contributed by atoms with Crippen LogP contribution in [0.3, 0.4) is 0 Å². The molecule has 0 spiro atoms. The van der Waals surface area contributed by atoms with Crippen molar-refractivity contribution in [3.8, 4) is 5.75 Å². The lowest BCUT2D eigenvalue weighted by molar-refractivity contribution is 0.211. The number of halogens is 3. The van der Waals surface area contributed by atoms with Crippen molar-refractivity contribution in [1.29, 1.82) is 0 Å². The SMILES string of the molecule is CCCC(C)NCC(C)Oc1cc(Cl)c(Cl)cc1Cl. The Balaban J connectivity index is 2.52. The third-order valence-corrected chi connectivity index (χ3v) is 3.80. The van der Waals surface area contributed by atoms with E-state index in [4.69, 9.17) is 39.5 Å². The second-order valence-corrected chi connectivity index (χ2v) is 5.94. The Kier molecular flexibility index (Phi) is 7.30. The standard InChI is InChI=1S/C14H20Cl3NO/c1-4-5-9(2)18-8-10(3)19-14-7-12(16)11(15)6-13(14)17/h6-7,9-10,18H,4-5,8H2,1-3H3. The lowest BCUT2D eigenvalue weighted by Crippen LogP contribution is -2.35. The molecule has 1 rings (SSSR count). The molecule has 1 aromatic carbocycles. The average molecular weight is 325 g/mol. The van der Waals surface area contributed by atoms with E-state index in [-0.39, 0.29) is 6.10 Å². The van der Waals surface area contributed by atoms with E-state index in [1.165, 1.54) is 6.42 Å². The summed E-state index contributed by atoms with van der Waals surface area (Å²) in [6.07, 6.45) is 2.33. The number of rotatable bonds is 7. The fourth-order valence-corrected chi connectivity index (χ4v) is 2.34. The van der Waals surface area contributed by atoms with Crippen LogP contribution in [0.4, 0.5) is 0 Å². The molecule has 0 saturated heterocycles. The molecule has 108 valence electrons. The molecular formula is C14H20Cl3NO. The van der Waals surface area contributed by atoms with E-state index < -0.39 is 0 Å². The quantitative estimate of drug-likeness (QED) is 0.697. The van der Waals surface area contributed by atoms with Crippen molar-refractivity contribution in [2.24, 2.45) is 0 Å². The van der Waals surface area contributed by atoms with Gasteiger partial charge in [0.1, 0.15) is 11.9 Å². The normalized spacial score (nSPS) is 14.2. The van der Waals surface area contributed by atoms with Crippen LogP contribution in [0.15, 0.2) is 12.1 Å². The molecule has 0 aliphatic heterocycles. The van der Waals surface area contributed by atoms with E-state index in [1.54, 1.807) is 12.1 Å². The molecule has 2 unspecified atom stereocenters. The Labute approximate surface area is 130 Å². The second kappa shape index (κ2) is 8.21. The molecule has 0 radical (unpaired) electrons. The van der Waals surface area contributed by atoms with Crippen molar-refractivity contribution in [1.82, 2.24) is 5.32 Å². The highest BCUT2D eigenvalue weighted by Crippen LogP contribution is 2.34. The highest BCUT2D eigenvalue weighted by molar-refractivity contribution is 6.43. The van der Waals surface area contributed by atoms with Gasteiger partial charge in [0.15, 0.2) is 0 Å². The molecule has 19 heavy (non-hydrogen) atoms. The zero-order valence-corrected chi connectivity index (χ0v) is 13.7. The molecule has 0 aliphatic rings. The highest BCUT2D eigenvalue weighted by Gasteiger charge is 2.11. The third kappa shape index (κ3) is 5.78. The molecule has 2 nitrogen and oxygen atoms in total. The predicted molar refractivity (Wildman–Crippen MR) is 83.9 cm³/mol. The summed E-state index contributed by atoms with van der Waals surface area (Å²) >= 11 is 17.9. The molecular weight excluding hydrogens is 305 g/mol. The minimum absolute atomic E-state index is 0.00838. The summed E-state index contributed by atoms with van der Waals surface area (Å²) in [5, 5.41) is 4.77. The van der Waals surface area contributed by atoms with Gasteiger partial charge in [-0.25, -0.2) is 0 Å². The molecule has 0 saturated carbocycles. The Hall–Kier alpha value is -0.150. The summed E-state index contributed by atoms with van der Waals surface area (Å²) in [5.74, 6) is 0.563. The van der Waals surface area contributed by atoms with Gasteiger partial charge < -0.3 is 10.1 Å². The minimum atomic E-state index is 0.00838. The summed E-state index contributed by atoms with van der Waals surface area (Å²) < 4.78 is 5.77. The van der Waals surface area contributed by atoms with E-state index in [0.717, 1.165) is 13.0 Å². The van der Waals surface area contributed by atoms with Gasteiger partial charge in [-0.05, 0) is 26.3 Å². The first kappa shape index (κ1) is 16.9. The second-order valence-electron chi connectivity index (χ2n) is 4.72. The Morgan fingerprint density at radius 3 is 2.37 bits per heavy atom. The van der Waals surface area contributed by atoms with Gasteiger partial charge >= 0.3 is 0 Å². The molecule has 0 heterocycles. The van der Waals surface area contributed by atoms with Gasteiger partial charge in [-0.3, -0.25) is 0 Å². The first-order valence-electron chi connectivity index (χ1n) is 6.48. The molecule has 0 fully saturated rings. The van der Waals surface area contributed by atoms with Crippen LogP contribution in [0.2, 0.25) is 15.1 Å². The van der Waals surface area contributed by atoms with Gasteiger partial charge in [-0.1, -0.05) is 48.1 Å². The van der Waals surface area contributed by atoms with Crippen LogP contribution in [0.25, 0.3) is 0 Å². The zero-order valence-electron chi connectivity index (χ0n) is 11.5. The lowest BCUT2D eigenvalue weighted by atomic mass is 10.2. The van der Waals surface area contributed by atoms with Gasteiger partial charge in [-0.2, -0.15) is 0 Å². The van der Waals surface area contributed by atoms with Crippen LogP contribution >= 0.6 is 34.8 Å². The third-order valence-electron chi connectivity index (χ3n) is 2.78. The largest absolute Gasteiger partial charge is 0.488 e. The number of hydrogen-bond acceptors (Lipinski definition) is 2. The molecule has 5 heteroatoms. The van der Waals surface area contributed by atoms with Crippen molar-refractivity contribution in [2.45, 2.75) is 45.8 Å². The number of ether oxygens (including phenoxy) is 1. The predicted octanol–water partition coefficient (Wildman–Crippen LogP) is 5.19. The van der Waals surface area contributed by atoms with Gasteiger partial charge in [0.25, 0.3) is 0 Å². The monoisotopic (exact) mass is 323 g/mol. The van der Waals surface area contributed by atoms with Crippen molar-refractivity contribution in [3.63, 3.8) is 0 Å². The summed E-state index contributed by atoms with van der Waals surface area (Å²) in [6.45, 7) is 7.10. The van der Waals surface area contributed by atoms with Crippen LogP contribution in [-0.4, -0.2) is 18.7 Å². The van der Waals surface area contributed by atoms with E-state index >= 15 is 0 Å². The molecule has 1 aromatic rings. The molecule has 1 N–H and O–H groups in total. The van der Waals surface area contributed by atoms with Crippen molar-refractivity contribution in [3.05, 3.63) is 27.2 Å². The summed E-state index contributed by atoms with van der Waals surface area (Å²) in [6, 6.07) is 3.74. The Bertz CT molecular complexity index is 412. The van der Waals surface area contributed by atoms with Gasteiger partial charge in [0, 0.05) is 18.7 Å². The lowest BCUT2D eigenvalue weighted by Gasteiger charge is -2.19. The van der Waals surface area contributed by atoms with Gasteiger partial charge in [0.2, 0.25) is 0 Å². The van der Waals surface area contributed by atoms with Crippen LogP contribution in [0.5, 0.6) is 5.75 Å². The fourth-order valence-electron chi connectivity index (χ4n) is 1.76. The van der Waals surface area contributed by atoms with Gasteiger partial charge in [0.05, 0.1) is 15.1 Å². The molecule has 0 bridgehead atoms. The topological polar surface area (TPSA) is 21.3 Å². The van der Waals surface area contributed by atoms with Gasteiger partial charge in [-0.15, -0.1) is 0 Å². The van der Waals surface area contributed by atoms with E-state index in [1.807, 2.05) is 6.92 Å². The summed E-state index contributed by atoms with van der Waals surface area (Å²) in [7, 11) is 0. The van der Waals surface area contributed by atoms with E-state index in [0.29, 0.717) is 26.9 Å². The molecule has 0 amide bonds. The fraction of sp³-hybridized carbons (Fsp3) is 0.571. The molecule has 0 aromatic heterocycles. The number of benzene rings is 1. The van der Waals surface area contributed by atoms with Crippen LogP contribution in [-0.2, 0) is 0 Å². The number of hydrogen-bond donors (Lipinski definition) is 1. The van der Waals surface area contributed by atoms with Crippen LogP contribution in [0, 0.1) is 0 Å². The van der Waals surface area contributed by atoms with Crippen molar-refractivity contribution < 1.29 is 4.74 Å². The maximum absolute atomic E-state index is 6.07. The highest BCUT2D eigenvalue weighted by atomic mass is 35.5. The van der Waals surface area contributed by atoms with E-state index in [2.05, 4.69) is 19.2 Å². The average Bonchev–Trinajstić information content (AvgIpc) is 2.34. The first-order valence-corrected chi connectivity index (χ1v) is 7.62. The minimum Gasteiger partial charge on any atom is -0.488 e. The smallest absolute Gasteiger partial charge is 0.139 e. The maximum Gasteiger partial charge on any atom is 0.139 e. The Morgan fingerprint density at radius 1 is 1.11 bits per heavy atom. The molecule has 2 atom stereocenters. The first-order chi connectivity index (χ1) is 8.93. The zero-order chi connectivity index (χ0) is 14.4. The maximum atomic E-state index is 6.07. The van der Waals surface area contributed by atoms with Crippen molar-refractivity contribution in [2.75, 3.05) is 6.54 Å². The Morgan fingerprint density at radius 2 is 1.74 bits per heavy atom. The summed E-state index contributed by atoms with van der Waals surface area (Å²) in [5.41, 5.74) is 0. The van der Waals surface area contributed by atoms with E-state index in [9.17, 15) is 0 Å². The van der Waals surface area contributed by atoms with Crippen LogP contribution < -0.4 is 10.1 Å². The number of nitrogens with one attached hydrogen (secondary N) is 1. The van der Waals surface area contributed by atoms with Crippen LogP contribution in [0.1, 0.15) is 33.6 Å². The molecule has 0 aliphatic carbocycles. The summed E-state index contributed by atoms with van der Waals surface area (Å²) in [4.78, 5) is 0. The van der Waals surface area contributed by atoms with Crippen molar-refractivity contribution >= 4 is 34.8 Å².